The molecule has 27 heavy (non-hydrogen) atoms. The molecule has 144 valence electrons. The molecule has 2 N–H and O–H groups in total. The first kappa shape index (κ1) is 19.4. The lowest BCUT2D eigenvalue weighted by Crippen LogP contribution is -2.41. The fraction of sp³-hybridized carbons (Fsp3) is 0.350. The Bertz CT molecular complexity index is 948. The summed E-state index contributed by atoms with van der Waals surface area (Å²) < 4.78 is 27.2. The second kappa shape index (κ2) is 7.70. The summed E-state index contributed by atoms with van der Waals surface area (Å²) in [6.45, 7) is 4.44. The van der Waals surface area contributed by atoms with E-state index in [9.17, 15) is 18.3 Å². The summed E-state index contributed by atoms with van der Waals surface area (Å²) in [7, 11) is -3.55. The van der Waals surface area contributed by atoms with Crippen LogP contribution in [0.2, 0.25) is 0 Å². The van der Waals surface area contributed by atoms with Gasteiger partial charge in [0, 0.05) is 19.0 Å². The quantitative estimate of drug-likeness (QED) is 0.788. The normalized spacial score (nSPS) is 16.2. The van der Waals surface area contributed by atoms with Gasteiger partial charge in [-0.2, -0.15) is 4.31 Å². The Morgan fingerprint density at radius 3 is 2.37 bits per heavy atom. The monoisotopic (exact) mass is 388 g/mol. The van der Waals surface area contributed by atoms with E-state index in [0.717, 1.165) is 11.1 Å². The third-order valence-electron chi connectivity index (χ3n) is 5.10. The Labute approximate surface area is 159 Å². The van der Waals surface area contributed by atoms with E-state index in [-0.39, 0.29) is 17.6 Å². The molecule has 0 bridgehead atoms. The van der Waals surface area contributed by atoms with Crippen molar-refractivity contribution >= 4 is 21.6 Å². The minimum Gasteiger partial charge on any atom is -0.506 e. The van der Waals surface area contributed by atoms with Crippen LogP contribution in [0.4, 0.5) is 5.69 Å². The molecule has 1 saturated heterocycles. The van der Waals surface area contributed by atoms with Gasteiger partial charge in [-0.3, -0.25) is 4.79 Å². The molecular formula is C20H24N2O4S. The van der Waals surface area contributed by atoms with Crippen molar-refractivity contribution < 1.29 is 18.3 Å². The van der Waals surface area contributed by atoms with E-state index in [1.807, 2.05) is 19.9 Å². The molecule has 7 heteroatoms. The van der Waals surface area contributed by atoms with E-state index in [1.165, 1.54) is 10.4 Å². The van der Waals surface area contributed by atoms with Gasteiger partial charge in [0.05, 0.1) is 10.6 Å². The van der Waals surface area contributed by atoms with Crippen molar-refractivity contribution in [2.24, 2.45) is 5.92 Å². The minimum absolute atomic E-state index is 0.0144. The van der Waals surface area contributed by atoms with Crippen LogP contribution in [0.15, 0.2) is 47.4 Å². The standard InChI is InChI=1S/C20H24N2O4S/c1-14-7-8-17(13-15(14)2)27(25,26)22-11-9-16(10-12-22)20(24)21-18-5-3-4-6-19(18)23/h3-8,13,16,23H,9-12H2,1-2H3,(H,21,24). The Kier molecular flexibility index (Phi) is 5.53. The maximum absolute atomic E-state index is 12.9. The van der Waals surface area contributed by atoms with Gasteiger partial charge in [-0.25, -0.2) is 8.42 Å². The van der Waals surface area contributed by atoms with Crippen LogP contribution >= 0.6 is 0 Å². The summed E-state index contributed by atoms with van der Waals surface area (Å²) in [5.41, 5.74) is 2.36. The Balaban J connectivity index is 1.65. The highest BCUT2D eigenvalue weighted by Crippen LogP contribution is 2.27. The lowest BCUT2D eigenvalue weighted by molar-refractivity contribution is -0.120. The molecule has 1 fully saturated rings. The number of phenolic OH excluding ortho intramolecular Hbond substituents is 1. The van der Waals surface area contributed by atoms with Crippen LogP contribution in [0.1, 0.15) is 24.0 Å². The van der Waals surface area contributed by atoms with E-state index in [0.29, 0.717) is 36.5 Å². The molecule has 0 spiro atoms. The maximum atomic E-state index is 12.9. The molecule has 0 atom stereocenters. The number of nitrogens with one attached hydrogen (secondary N) is 1. The molecule has 2 aromatic carbocycles. The lowest BCUT2D eigenvalue weighted by atomic mass is 9.97. The largest absolute Gasteiger partial charge is 0.506 e. The van der Waals surface area contributed by atoms with Crippen LogP contribution in [0.25, 0.3) is 0 Å². The molecule has 1 heterocycles. The number of sulfonamides is 1. The fourth-order valence-electron chi connectivity index (χ4n) is 3.20. The molecular weight excluding hydrogens is 364 g/mol. The molecule has 0 radical (unpaired) electrons. The van der Waals surface area contributed by atoms with E-state index >= 15 is 0 Å². The number of anilines is 1. The minimum atomic E-state index is -3.55. The molecule has 0 aromatic heterocycles. The number of rotatable bonds is 4. The van der Waals surface area contributed by atoms with E-state index in [4.69, 9.17) is 0 Å². The zero-order chi connectivity index (χ0) is 19.6. The molecule has 2 aromatic rings. The molecule has 3 rings (SSSR count). The zero-order valence-corrected chi connectivity index (χ0v) is 16.3. The first-order valence-electron chi connectivity index (χ1n) is 8.95. The van der Waals surface area contributed by atoms with Gasteiger partial charge in [0.2, 0.25) is 15.9 Å². The smallest absolute Gasteiger partial charge is 0.243 e. The number of hydrogen-bond acceptors (Lipinski definition) is 4. The number of carbonyl (C=O) groups excluding carboxylic acids is 1. The van der Waals surface area contributed by atoms with Crippen LogP contribution < -0.4 is 5.32 Å². The summed E-state index contributed by atoms with van der Waals surface area (Å²) in [4.78, 5) is 12.7. The summed E-state index contributed by atoms with van der Waals surface area (Å²) in [6, 6.07) is 11.7. The van der Waals surface area contributed by atoms with Crippen molar-refractivity contribution in [2.45, 2.75) is 31.6 Å². The van der Waals surface area contributed by atoms with Gasteiger partial charge in [-0.1, -0.05) is 18.2 Å². The lowest BCUT2D eigenvalue weighted by Gasteiger charge is -2.30. The van der Waals surface area contributed by atoms with Crippen molar-refractivity contribution in [3.63, 3.8) is 0 Å². The highest BCUT2D eigenvalue weighted by Gasteiger charge is 2.32. The van der Waals surface area contributed by atoms with Crippen LogP contribution in [-0.4, -0.2) is 36.8 Å². The number of para-hydroxylation sites is 2. The van der Waals surface area contributed by atoms with Crippen LogP contribution in [0.5, 0.6) is 5.75 Å². The number of piperidine rings is 1. The third kappa shape index (κ3) is 4.14. The molecule has 0 aliphatic carbocycles. The second-order valence-corrected chi connectivity index (χ2v) is 8.87. The maximum Gasteiger partial charge on any atom is 0.243 e. The number of benzene rings is 2. The highest BCUT2D eigenvalue weighted by atomic mass is 32.2. The van der Waals surface area contributed by atoms with Crippen LogP contribution in [0.3, 0.4) is 0 Å². The van der Waals surface area contributed by atoms with Gasteiger partial charge in [0.15, 0.2) is 0 Å². The summed E-state index contributed by atoms with van der Waals surface area (Å²) in [6.07, 6.45) is 0.896. The summed E-state index contributed by atoms with van der Waals surface area (Å²) >= 11 is 0. The van der Waals surface area contributed by atoms with Crippen molar-refractivity contribution in [1.82, 2.24) is 4.31 Å². The number of aryl methyl sites for hydroxylation is 2. The second-order valence-electron chi connectivity index (χ2n) is 6.93. The summed E-state index contributed by atoms with van der Waals surface area (Å²) in [5.74, 6) is -0.462. The van der Waals surface area contributed by atoms with Crippen molar-refractivity contribution in [3.05, 3.63) is 53.6 Å². The fourth-order valence-corrected chi connectivity index (χ4v) is 4.75. The number of nitrogens with zero attached hydrogens (tertiary/aromatic N) is 1. The Morgan fingerprint density at radius 1 is 1.07 bits per heavy atom. The summed E-state index contributed by atoms with van der Waals surface area (Å²) in [5, 5.41) is 12.5. The molecule has 1 aliphatic rings. The Hall–Kier alpha value is -2.38. The van der Waals surface area contributed by atoms with E-state index in [1.54, 1.807) is 30.3 Å². The predicted octanol–water partition coefficient (Wildman–Crippen LogP) is 3.05. The number of hydrogen-bond donors (Lipinski definition) is 2. The van der Waals surface area contributed by atoms with Crippen LogP contribution in [-0.2, 0) is 14.8 Å². The topological polar surface area (TPSA) is 86.7 Å². The molecule has 1 aliphatic heterocycles. The van der Waals surface area contributed by atoms with Crippen molar-refractivity contribution in [3.8, 4) is 5.75 Å². The van der Waals surface area contributed by atoms with Crippen molar-refractivity contribution in [1.29, 1.82) is 0 Å². The average molecular weight is 388 g/mol. The zero-order valence-electron chi connectivity index (χ0n) is 15.5. The van der Waals surface area contributed by atoms with Gasteiger partial charge in [0.25, 0.3) is 0 Å². The van der Waals surface area contributed by atoms with E-state index in [2.05, 4.69) is 5.32 Å². The van der Waals surface area contributed by atoms with Gasteiger partial charge in [0.1, 0.15) is 5.75 Å². The first-order valence-corrected chi connectivity index (χ1v) is 10.4. The number of aromatic hydroxyl groups is 1. The SMILES string of the molecule is Cc1ccc(S(=O)(=O)N2CCC(C(=O)Nc3ccccc3O)CC2)cc1C. The van der Waals surface area contributed by atoms with Crippen molar-refractivity contribution in [2.75, 3.05) is 18.4 Å². The first-order chi connectivity index (χ1) is 12.8. The molecule has 0 unspecified atom stereocenters. The molecule has 6 nitrogen and oxygen atoms in total. The van der Waals surface area contributed by atoms with Gasteiger partial charge >= 0.3 is 0 Å². The third-order valence-corrected chi connectivity index (χ3v) is 7.00. The number of phenols is 1. The number of carbonyl (C=O) groups is 1. The molecule has 1 amide bonds. The average Bonchev–Trinajstić information content (AvgIpc) is 2.65. The predicted molar refractivity (Wildman–Crippen MR) is 104 cm³/mol. The van der Waals surface area contributed by atoms with Crippen LogP contribution in [0, 0.1) is 19.8 Å². The highest BCUT2D eigenvalue weighted by molar-refractivity contribution is 7.89. The molecule has 0 saturated carbocycles. The van der Waals surface area contributed by atoms with Gasteiger partial charge < -0.3 is 10.4 Å². The Morgan fingerprint density at radius 2 is 1.74 bits per heavy atom. The van der Waals surface area contributed by atoms with Gasteiger partial charge in [-0.15, -0.1) is 0 Å². The van der Waals surface area contributed by atoms with E-state index < -0.39 is 10.0 Å². The van der Waals surface area contributed by atoms with Gasteiger partial charge in [-0.05, 0) is 62.1 Å². The number of amides is 1.